The number of rotatable bonds is 3. The fourth-order valence-electron chi connectivity index (χ4n) is 1.19. The molecule has 3 nitrogen and oxygen atoms in total. The average molecular weight is 242 g/mol. The standard InChI is InChI=1S/C11H9ClFNO2/c1-2-16-11(15)9-4-10(13)7(5-12)3-8(9)6-14/h3-4H,2,5H2,1H3. The lowest BCUT2D eigenvalue weighted by atomic mass is 10.0. The molecule has 0 fully saturated rings. The van der Waals surface area contributed by atoms with Gasteiger partial charge >= 0.3 is 5.97 Å². The summed E-state index contributed by atoms with van der Waals surface area (Å²) in [4.78, 5) is 11.4. The molecular formula is C11H9ClFNO2. The number of benzene rings is 1. The third kappa shape index (κ3) is 2.50. The van der Waals surface area contributed by atoms with Crippen LogP contribution in [0.25, 0.3) is 0 Å². The molecule has 0 saturated heterocycles. The second kappa shape index (κ2) is 5.47. The van der Waals surface area contributed by atoms with Gasteiger partial charge in [0, 0.05) is 5.56 Å². The molecule has 0 aliphatic rings. The Morgan fingerprint density at radius 1 is 1.62 bits per heavy atom. The van der Waals surface area contributed by atoms with Crippen LogP contribution in [0.4, 0.5) is 4.39 Å². The van der Waals surface area contributed by atoms with Gasteiger partial charge < -0.3 is 4.74 Å². The molecule has 0 aromatic heterocycles. The molecule has 1 aromatic rings. The lowest BCUT2D eigenvalue weighted by Crippen LogP contribution is -2.08. The van der Waals surface area contributed by atoms with E-state index in [1.165, 1.54) is 6.07 Å². The first-order chi connectivity index (χ1) is 7.63. The van der Waals surface area contributed by atoms with Crippen LogP contribution in [0.5, 0.6) is 0 Å². The molecular weight excluding hydrogens is 233 g/mol. The van der Waals surface area contributed by atoms with Crippen LogP contribution in [0.3, 0.4) is 0 Å². The molecule has 0 aliphatic heterocycles. The molecule has 0 saturated carbocycles. The number of hydrogen-bond acceptors (Lipinski definition) is 3. The van der Waals surface area contributed by atoms with Gasteiger partial charge in [0.2, 0.25) is 0 Å². The Morgan fingerprint density at radius 3 is 2.81 bits per heavy atom. The lowest BCUT2D eigenvalue weighted by Gasteiger charge is -2.06. The molecule has 5 heteroatoms. The van der Waals surface area contributed by atoms with Gasteiger partial charge in [0.05, 0.1) is 23.6 Å². The van der Waals surface area contributed by atoms with Crippen molar-refractivity contribution < 1.29 is 13.9 Å². The third-order valence-electron chi connectivity index (χ3n) is 1.95. The minimum atomic E-state index is -0.709. The minimum absolute atomic E-state index is 0.0520. The first-order valence-electron chi connectivity index (χ1n) is 4.59. The normalized spacial score (nSPS) is 9.62. The highest BCUT2D eigenvalue weighted by Gasteiger charge is 2.16. The molecule has 0 bridgehead atoms. The Balaban J connectivity index is 3.24. The second-order valence-corrected chi connectivity index (χ2v) is 3.22. The van der Waals surface area contributed by atoms with Gasteiger partial charge in [0.1, 0.15) is 11.9 Å². The van der Waals surface area contributed by atoms with Gasteiger partial charge in [-0.2, -0.15) is 5.26 Å². The van der Waals surface area contributed by atoms with Crippen molar-refractivity contribution in [1.82, 2.24) is 0 Å². The summed E-state index contributed by atoms with van der Waals surface area (Å²) in [6.45, 7) is 1.80. The van der Waals surface area contributed by atoms with Gasteiger partial charge in [-0.3, -0.25) is 0 Å². The fraction of sp³-hybridized carbons (Fsp3) is 0.273. The van der Waals surface area contributed by atoms with E-state index in [9.17, 15) is 9.18 Å². The summed E-state index contributed by atoms with van der Waals surface area (Å²) in [5, 5.41) is 8.82. The summed E-state index contributed by atoms with van der Waals surface area (Å²) >= 11 is 5.49. The van der Waals surface area contributed by atoms with Crippen molar-refractivity contribution >= 4 is 17.6 Å². The Morgan fingerprint density at radius 2 is 2.31 bits per heavy atom. The SMILES string of the molecule is CCOC(=O)c1cc(F)c(CCl)cc1C#N. The summed E-state index contributed by atoms with van der Waals surface area (Å²) < 4.78 is 18.1. The summed E-state index contributed by atoms with van der Waals surface area (Å²) in [5.41, 5.74) is 0.178. The maximum Gasteiger partial charge on any atom is 0.339 e. The smallest absolute Gasteiger partial charge is 0.339 e. The predicted molar refractivity (Wildman–Crippen MR) is 56.6 cm³/mol. The lowest BCUT2D eigenvalue weighted by molar-refractivity contribution is 0.0525. The molecule has 0 atom stereocenters. The second-order valence-electron chi connectivity index (χ2n) is 2.96. The highest BCUT2D eigenvalue weighted by molar-refractivity contribution is 6.17. The molecule has 1 aromatic carbocycles. The van der Waals surface area contributed by atoms with Gasteiger partial charge in [0.15, 0.2) is 0 Å². The third-order valence-corrected chi connectivity index (χ3v) is 2.23. The Kier molecular flexibility index (Phi) is 4.27. The van der Waals surface area contributed by atoms with Crippen molar-refractivity contribution in [2.45, 2.75) is 12.8 Å². The number of halogens is 2. The number of alkyl halides is 1. The fourth-order valence-corrected chi connectivity index (χ4v) is 1.40. The minimum Gasteiger partial charge on any atom is -0.462 e. The van der Waals surface area contributed by atoms with Gasteiger partial charge in [-0.25, -0.2) is 9.18 Å². The molecule has 0 spiro atoms. The monoisotopic (exact) mass is 241 g/mol. The zero-order chi connectivity index (χ0) is 12.1. The molecule has 0 radical (unpaired) electrons. The number of carbonyl (C=O) groups excluding carboxylic acids is 1. The Bertz CT molecular complexity index is 454. The Hall–Kier alpha value is -1.60. The largest absolute Gasteiger partial charge is 0.462 e. The van der Waals surface area contributed by atoms with E-state index >= 15 is 0 Å². The van der Waals surface area contributed by atoms with Crippen molar-refractivity contribution in [2.75, 3.05) is 6.61 Å². The van der Waals surface area contributed by atoms with Gasteiger partial charge in [-0.15, -0.1) is 11.6 Å². The van der Waals surface area contributed by atoms with Crippen LogP contribution < -0.4 is 0 Å². The van der Waals surface area contributed by atoms with E-state index in [-0.39, 0.29) is 29.2 Å². The van der Waals surface area contributed by atoms with Crippen molar-refractivity contribution in [3.8, 4) is 6.07 Å². The van der Waals surface area contributed by atoms with E-state index in [1.54, 1.807) is 6.92 Å². The van der Waals surface area contributed by atoms with Crippen molar-refractivity contribution in [2.24, 2.45) is 0 Å². The van der Waals surface area contributed by atoms with E-state index in [0.29, 0.717) is 0 Å². The first kappa shape index (κ1) is 12.5. The summed E-state index contributed by atoms with van der Waals surface area (Å²) in [5.74, 6) is -1.37. The van der Waals surface area contributed by atoms with Crippen LogP contribution >= 0.6 is 11.6 Å². The van der Waals surface area contributed by atoms with Crippen LogP contribution in [0.15, 0.2) is 12.1 Å². The van der Waals surface area contributed by atoms with E-state index < -0.39 is 11.8 Å². The van der Waals surface area contributed by atoms with Crippen LogP contribution in [0, 0.1) is 17.1 Å². The quantitative estimate of drug-likeness (QED) is 0.604. The van der Waals surface area contributed by atoms with Crippen LogP contribution in [0.2, 0.25) is 0 Å². The van der Waals surface area contributed by atoms with Crippen LogP contribution in [-0.4, -0.2) is 12.6 Å². The molecule has 84 valence electrons. The number of nitrogens with zero attached hydrogens (tertiary/aromatic N) is 1. The van der Waals surface area contributed by atoms with Gasteiger partial charge in [-0.05, 0) is 19.1 Å². The zero-order valence-electron chi connectivity index (χ0n) is 8.59. The summed E-state index contributed by atoms with van der Waals surface area (Å²) in [6, 6.07) is 4.05. The Labute approximate surface area is 97.4 Å². The maximum atomic E-state index is 13.4. The van der Waals surface area contributed by atoms with E-state index in [2.05, 4.69) is 0 Å². The molecule has 0 heterocycles. The van der Waals surface area contributed by atoms with Crippen molar-refractivity contribution in [3.05, 3.63) is 34.6 Å². The number of esters is 1. The van der Waals surface area contributed by atoms with Gasteiger partial charge in [-0.1, -0.05) is 0 Å². The van der Waals surface area contributed by atoms with Crippen molar-refractivity contribution in [3.63, 3.8) is 0 Å². The average Bonchev–Trinajstić information content (AvgIpc) is 2.29. The summed E-state index contributed by atoms with van der Waals surface area (Å²) in [6.07, 6.45) is 0. The molecule has 0 aliphatic carbocycles. The summed E-state index contributed by atoms with van der Waals surface area (Å²) in [7, 11) is 0. The molecule has 0 N–H and O–H groups in total. The first-order valence-corrected chi connectivity index (χ1v) is 5.13. The molecule has 16 heavy (non-hydrogen) atoms. The topological polar surface area (TPSA) is 50.1 Å². The van der Waals surface area contributed by atoms with Crippen molar-refractivity contribution in [1.29, 1.82) is 5.26 Å². The number of nitriles is 1. The predicted octanol–water partition coefficient (Wildman–Crippen LogP) is 2.61. The highest BCUT2D eigenvalue weighted by atomic mass is 35.5. The van der Waals surface area contributed by atoms with Crippen LogP contribution in [-0.2, 0) is 10.6 Å². The molecule has 0 amide bonds. The molecule has 0 unspecified atom stereocenters. The molecule has 1 rings (SSSR count). The van der Waals surface area contributed by atoms with E-state index in [4.69, 9.17) is 21.6 Å². The zero-order valence-corrected chi connectivity index (χ0v) is 9.34. The van der Waals surface area contributed by atoms with Crippen LogP contribution in [0.1, 0.15) is 28.4 Å². The van der Waals surface area contributed by atoms with E-state index in [1.807, 2.05) is 6.07 Å². The number of carbonyl (C=O) groups is 1. The maximum absolute atomic E-state index is 13.4. The van der Waals surface area contributed by atoms with Gasteiger partial charge in [0.25, 0.3) is 0 Å². The highest BCUT2D eigenvalue weighted by Crippen LogP contribution is 2.18. The number of hydrogen-bond donors (Lipinski definition) is 0. The van der Waals surface area contributed by atoms with E-state index in [0.717, 1.165) is 6.07 Å². The number of ether oxygens (including phenoxy) is 1.